The number of carboxylic acid groups (broad SMARTS) is 1. The molecule has 0 aromatic rings. The molecule has 0 saturated carbocycles. The van der Waals surface area contributed by atoms with Crippen molar-refractivity contribution in [3.05, 3.63) is 36.5 Å². The predicted octanol–water partition coefficient (Wildman–Crippen LogP) is 5.17. The number of rotatable bonds is 8. The summed E-state index contributed by atoms with van der Waals surface area (Å²) in [5.41, 5.74) is 0. The molecule has 3 rings (SSSR count). The number of carbonyl (C=O) groups excluding carboxylic acids is 1. The van der Waals surface area contributed by atoms with Crippen LogP contribution in [0.5, 0.6) is 0 Å². The van der Waals surface area contributed by atoms with Gasteiger partial charge in [0.25, 0.3) is 6.10 Å². The van der Waals surface area contributed by atoms with E-state index < -0.39 is 18.0 Å². The number of ether oxygens (including phenoxy) is 2. The number of carbonyl (C=O) groups is 2. The van der Waals surface area contributed by atoms with Crippen molar-refractivity contribution in [2.24, 2.45) is 35.5 Å². The molecule has 7 atom stereocenters. The van der Waals surface area contributed by atoms with Gasteiger partial charge in [0, 0.05) is 11.8 Å². The Bertz CT molecular complexity index is 681. The van der Waals surface area contributed by atoms with E-state index in [1.165, 1.54) is 0 Å². The van der Waals surface area contributed by atoms with E-state index in [1.54, 1.807) is 0 Å². The van der Waals surface area contributed by atoms with Crippen LogP contribution in [0.4, 0.5) is 0 Å². The molecule has 0 bridgehead atoms. The minimum atomic E-state index is -1.57. The van der Waals surface area contributed by atoms with Crippen LogP contribution in [-0.4, -0.2) is 35.9 Å². The second kappa shape index (κ2) is 11.1. The summed E-state index contributed by atoms with van der Waals surface area (Å²) in [6, 6.07) is 0. The van der Waals surface area contributed by atoms with Gasteiger partial charge < -0.3 is 14.6 Å². The van der Waals surface area contributed by atoms with Crippen LogP contribution >= 0.6 is 0 Å². The Labute approximate surface area is 186 Å². The van der Waals surface area contributed by atoms with Crippen molar-refractivity contribution in [3.63, 3.8) is 0 Å². The minimum absolute atomic E-state index is 0.200. The number of carboxylic acids is 1. The highest BCUT2D eigenvalue weighted by Gasteiger charge is 2.41. The lowest BCUT2D eigenvalue weighted by Crippen LogP contribution is -2.45. The normalized spacial score (nSPS) is 34.8. The van der Waals surface area contributed by atoms with Crippen LogP contribution in [-0.2, 0) is 19.1 Å². The van der Waals surface area contributed by atoms with Crippen LogP contribution < -0.4 is 0 Å². The second-order valence-electron chi connectivity index (χ2n) is 9.80. The molecule has 0 spiro atoms. The van der Waals surface area contributed by atoms with Gasteiger partial charge in [0.05, 0.1) is 6.61 Å². The summed E-state index contributed by atoms with van der Waals surface area (Å²) in [5.74, 6) is -0.206. The van der Waals surface area contributed by atoms with Gasteiger partial charge in [-0.2, -0.15) is 0 Å². The first-order chi connectivity index (χ1) is 14.9. The highest BCUT2D eigenvalue weighted by Crippen LogP contribution is 2.39. The van der Waals surface area contributed by atoms with Crippen LogP contribution in [0.25, 0.3) is 0 Å². The Morgan fingerprint density at radius 2 is 1.29 bits per heavy atom. The molecule has 3 aliphatic carbocycles. The Morgan fingerprint density at radius 3 is 1.77 bits per heavy atom. The summed E-state index contributed by atoms with van der Waals surface area (Å²) >= 11 is 0. The van der Waals surface area contributed by atoms with E-state index in [0.29, 0.717) is 17.8 Å². The average Bonchev–Trinajstić information content (AvgIpc) is 2.74. The van der Waals surface area contributed by atoms with E-state index in [9.17, 15) is 14.7 Å². The maximum Gasteiger partial charge on any atom is 0.347 e. The van der Waals surface area contributed by atoms with Crippen LogP contribution in [0.3, 0.4) is 0 Å². The molecule has 0 fully saturated rings. The van der Waals surface area contributed by atoms with Gasteiger partial charge >= 0.3 is 11.9 Å². The monoisotopic (exact) mass is 430 g/mol. The molecule has 3 aliphatic rings. The van der Waals surface area contributed by atoms with Gasteiger partial charge in [0.2, 0.25) is 0 Å². The molecule has 1 N–H and O–H groups in total. The van der Waals surface area contributed by atoms with E-state index in [-0.39, 0.29) is 30.5 Å². The van der Waals surface area contributed by atoms with E-state index in [0.717, 1.165) is 38.5 Å². The van der Waals surface area contributed by atoms with E-state index >= 15 is 0 Å². The first kappa shape index (κ1) is 23.8. The lowest BCUT2D eigenvalue weighted by Gasteiger charge is -2.40. The SMILES string of the molecule is CC1CC=CCC1COC(C(=O)O)C(=O)OC(C1CC=CCC1C)C1CC=CCC1C. The van der Waals surface area contributed by atoms with Crippen LogP contribution in [0.2, 0.25) is 0 Å². The largest absolute Gasteiger partial charge is 0.479 e. The summed E-state index contributed by atoms with van der Waals surface area (Å²) in [6.07, 6.45) is 16.5. The zero-order valence-electron chi connectivity index (χ0n) is 19.1. The van der Waals surface area contributed by atoms with Crippen molar-refractivity contribution in [1.29, 1.82) is 0 Å². The second-order valence-corrected chi connectivity index (χ2v) is 9.80. The maximum atomic E-state index is 13.1. The van der Waals surface area contributed by atoms with Crippen molar-refractivity contribution in [1.82, 2.24) is 0 Å². The smallest absolute Gasteiger partial charge is 0.347 e. The van der Waals surface area contributed by atoms with Gasteiger partial charge in [-0.3, -0.25) is 0 Å². The predicted molar refractivity (Wildman–Crippen MR) is 120 cm³/mol. The summed E-state index contributed by atoms with van der Waals surface area (Å²) < 4.78 is 11.7. The molecule has 172 valence electrons. The molecule has 31 heavy (non-hydrogen) atoms. The number of aliphatic carboxylic acids is 1. The molecule has 7 unspecified atom stereocenters. The van der Waals surface area contributed by atoms with Crippen molar-refractivity contribution in [3.8, 4) is 0 Å². The fraction of sp³-hybridized carbons (Fsp3) is 0.692. The zero-order chi connectivity index (χ0) is 22.4. The third kappa shape index (κ3) is 6.09. The fourth-order valence-corrected chi connectivity index (χ4v) is 5.25. The number of esters is 1. The van der Waals surface area contributed by atoms with Crippen molar-refractivity contribution in [2.75, 3.05) is 6.61 Å². The van der Waals surface area contributed by atoms with E-state index in [4.69, 9.17) is 9.47 Å². The molecule has 0 radical (unpaired) electrons. The molecule has 0 heterocycles. The topological polar surface area (TPSA) is 72.8 Å². The van der Waals surface area contributed by atoms with Crippen molar-refractivity contribution in [2.45, 2.75) is 71.5 Å². The molecule has 0 amide bonds. The van der Waals surface area contributed by atoms with Gasteiger partial charge in [-0.05, 0) is 62.2 Å². The van der Waals surface area contributed by atoms with Crippen LogP contribution in [0.1, 0.15) is 59.3 Å². The zero-order valence-corrected chi connectivity index (χ0v) is 19.1. The summed E-state index contributed by atoms with van der Waals surface area (Å²) in [7, 11) is 0. The first-order valence-corrected chi connectivity index (χ1v) is 11.9. The van der Waals surface area contributed by atoms with Gasteiger partial charge in [-0.15, -0.1) is 0 Å². The van der Waals surface area contributed by atoms with Crippen LogP contribution in [0.15, 0.2) is 36.5 Å². The summed E-state index contributed by atoms with van der Waals surface area (Å²) in [4.78, 5) is 25.0. The average molecular weight is 431 g/mol. The standard InChI is InChI=1S/C26H38O5/c1-17-10-4-7-13-20(17)16-30-24(25(27)28)26(29)31-23(21-14-8-5-11-18(21)2)22-15-9-6-12-19(22)3/h4-9,17-24H,10-16H2,1-3H3,(H,27,28). The van der Waals surface area contributed by atoms with Gasteiger partial charge in [0.1, 0.15) is 6.10 Å². The van der Waals surface area contributed by atoms with Crippen LogP contribution in [0, 0.1) is 35.5 Å². The Morgan fingerprint density at radius 1 is 0.806 bits per heavy atom. The van der Waals surface area contributed by atoms with Crippen molar-refractivity contribution >= 4 is 11.9 Å². The highest BCUT2D eigenvalue weighted by molar-refractivity contribution is 5.97. The quantitative estimate of drug-likeness (QED) is 0.326. The fourth-order valence-electron chi connectivity index (χ4n) is 5.25. The van der Waals surface area contributed by atoms with Gasteiger partial charge in [-0.1, -0.05) is 57.2 Å². The molecule has 0 aromatic heterocycles. The number of hydrogen-bond acceptors (Lipinski definition) is 4. The molecule has 5 heteroatoms. The minimum Gasteiger partial charge on any atom is -0.479 e. The molecule has 0 saturated heterocycles. The lowest BCUT2D eigenvalue weighted by molar-refractivity contribution is -0.181. The number of allylic oxidation sites excluding steroid dienone is 6. The Kier molecular flexibility index (Phi) is 8.53. The summed E-state index contributed by atoms with van der Waals surface area (Å²) in [5, 5.41) is 9.71. The molecular formula is C26H38O5. The molecule has 0 aromatic carbocycles. The van der Waals surface area contributed by atoms with Gasteiger partial charge in [-0.25, -0.2) is 9.59 Å². The maximum absolute atomic E-state index is 13.1. The van der Waals surface area contributed by atoms with Crippen molar-refractivity contribution < 1.29 is 24.2 Å². The van der Waals surface area contributed by atoms with E-state index in [2.05, 4.69) is 57.2 Å². The molecule has 5 nitrogen and oxygen atoms in total. The third-order valence-corrected chi connectivity index (χ3v) is 7.56. The molecular weight excluding hydrogens is 392 g/mol. The highest BCUT2D eigenvalue weighted by atomic mass is 16.6. The first-order valence-electron chi connectivity index (χ1n) is 11.9. The van der Waals surface area contributed by atoms with E-state index in [1.807, 2.05) is 0 Å². The Balaban J connectivity index is 1.72. The third-order valence-electron chi connectivity index (χ3n) is 7.56. The molecule has 0 aliphatic heterocycles. The van der Waals surface area contributed by atoms with Gasteiger partial charge in [0.15, 0.2) is 0 Å². The lowest BCUT2D eigenvalue weighted by atomic mass is 9.70. The summed E-state index contributed by atoms with van der Waals surface area (Å²) in [6.45, 7) is 6.79. The Hall–Kier alpha value is -1.88. The number of hydrogen-bond donors (Lipinski definition) is 1.